The number of nitrogens with zero attached hydrogens (tertiary/aromatic N) is 4. The van der Waals surface area contributed by atoms with Crippen LogP contribution in [-0.4, -0.2) is 108 Å². The van der Waals surface area contributed by atoms with Crippen molar-refractivity contribution in [3.63, 3.8) is 0 Å². The third-order valence-corrected chi connectivity index (χ3v) is 11.5. The van der Waals surface area contributed by atoms with Crippen LogP contribution in [0.25, 0.3) is 21.8 Å². The average molecular weight is 595 g/mol. The van der Waals surface area contributed by atoms with Gasteiger partial charge in [-0.1, -0.05) is 24.3 Å². The number of fused-ring (bicyclic) bond motifs is 14. The van der Waals surface area contributed by atoms with Gasteiger partial charge in [0, 0.05) is 72.5 Å². The number of morpholine rings is 2. The number of rotatable bonds is 0. The lowest BCUT2D eigenvalue weighted by Gasteiger charge is -2.51. The van der Waals surface area contributed by atoms with Gasteiger partial charge in [-0.25, -0.2) is 0 Å². The third-order valence-electron chi connectivity index (χ3n) is 11.5. The molecule has 0 unspecified atom stereocenters. The van der Waals surface area contributed by atoms with E-state index in [0.29, 0.717) is 24.4 Å². The van der Waals surface area contributed by atoms with Crippen molar-refractivity contribution in [2.75, 3.05) is 65.7 Å². The van der Waals surface area contributed by atoms with Crippen LogP contribution < -0.4 is 0 Å². The molecule has 232 valence electrons. The Labute approximate surface area is 260 Å². The van der Waals surface area contributed by atoms with E-state index in [4.69, 9.17) is 9.47 Å². The van der Waals surface area contributed by atoms with Gasteiger partial charge in [-0.2, -0.15) is 0 Å². The van der Waals surface area contributed by atoms with Gasteiger partial charge in [0.15, 0.2) is 0 Å². The summed E-state index contributed by atoms with van der Waals surface area (Å²) in [6.07, 6.45) is 5.73. The first-order valence-corrected chi connectivity index (χ1v) is 17.0. The van der Waals surface area contributed by atoms with Gasteiger partial charge in [0.2, 0.25) is 0 Å². The van der Waals surface area contributed by atoms with Crippen molar-refractivity contribution < 1.29 is 9.47 Å². The fourth-order valence-corrected chi connectivity index (χ4v) is 9.31. The average Bonchev–Trinajstić information content (AvgIpc) is 3.62. The minimum atomic E-state index is 0.480. The van der Waals surface area contributed by atoms with E-state index >= 15 is 0 Å². The molecule has 0 saturated carbocycles. The summed E-state index contributed by atoms with van der Waals surface area (Å²) in [5, 5.41) is 2.87. The molecule has 4 saturated heterocycles. The molecule has 44 heavy (non-hydrogen) atoms. The summed E-state index contributed by atoms with van der Waals surface area (Å²) in [5.41, 5.74) is 11.3. The molecule has 8 heteroatoms. The predicted molar refractivity (Wildman–Crippen MR) is 174 cm³/mol. The maximum Gasteiger partial charge on any atom is 0.0870 e. The van der Waals surface area contributed by atoms with Crippen molar-refractivity contribution in [2.24, 2.45) is 0 Å². The second kappa shape index (κ2) is 11.0. The predicted octanol–water partition coefficient (Wildman–Crippen LogP) is 4.88. The van der Waals surface area contributed by atoms with Crippen LogP contribution in [0.1, 0.15) is 58.6 Å². The molecule has 0 amide bonds. The highest BCUT2D eigenvalue weighted by molar-refractivity contribution is 5.86. The smallest absolute Gasteiger partial charge is 0.0870 e. The quantitative estimate of drug-likeness (QED) is 0.303. The number of aromatic amines is 2. The van der Waals surface area contributed by atoms with E-state index < -0.39 is 0 Å². The summed E-state index contributed by atoms with van der Waals surface area (Å²) in [7, 11) is 0. The van der Waals surface area contributed by atoms with Crippen molar-refractivity contribution in [1.29, 1.82) is 0 Å². The monoisotopic (exact) mass is 594 g/mol. The Morgan fingerprint density at radius 2 is 1.09 bits per heavy atom. The molecule has 4 fully saturated rings. The topological polar surface area (TPSA) is 63.0 Å². The van der Waals surface area contributed by atoms with E-state index in [1.165, 1.54) is 70.3 Å². The minimum Gasteiger partial charge on any atom is -0.377 e. The molecule has 4 aromatic rings. The Kier molecular flexibility index (Phi) is 6.87. The second-order valence-electron chi connectivity index (χ2n) is 13.9. The molecule has 2 N–H and O–H groups in total. The molecule has 0 spiro atoms. The number of benzene rings is 2. The minimum absolute atomic E-state index is 0.480. The fraction of sp³-hybridized carbons (Fsp3) is 0.556. The maximum absolute atomic E-state index is 5.76. The molecule has 0 aliphatic carbocycles. The van der Waals surface area contributed by atoms with E-state index in [9.17, 15) is 0 Å². The Balaban J connectivity index is 0.000000123. The molecule has 6 aliphatic heterocycles. The van der Waals surface area contributed by atoms with Gasteiger partial charge in [-0.3, -0.25) is 19.6 Å². The first-order chi connectivity index (χ1) is 21.6. The lowest BCUT2D eigenvalue weighted by molar-refractivity contribution is -0.120. The highest BCUT2D eigenvalue weighted by Gasteiger charge is 2.43. The zero-order chi connectivity index (χ0) is 29.4. The molecule has 2 aromatic heterocycles. The molecule has 4 atom stereocenters. The van der Waals surface area contributed by atoms with Crippen LogP contribution in [0, 0.1) is 13.8 Å². The largest absolute Gasteiger partial charge is 0.377 e. The van der Waals surface area contributed by atoms with Crippen LogP contribution >= 0.6 is 0 Å². The molecule has 0 radical (unpaired) electrons. The number of hydrogen-bond acceptors (Lipinski definition) is 6. The SMILES string of the molecule is Cc1ccc2c3c([nH]c2c1)[C@@H]1CCN2CCOC[C@@H]2N1CC3.Cc1ccc2c3c([nH]c2c1)[C@H]1CCN2CCOC[C@H]2N1CC3. The zero-order valence-electron chi connectivity index (χ0n) is 26.3. The number of hydrogen-bond donors (Lipinski definition) is 2. The summed E-state index contributed by atoms with van der Waals surface area (Å²) in [4.78, 5) is 18.1. The van der Waals surface area contributed by atoms with Crippen LogP contribution in [0.2, 0.25) is 0 Å². The van der Waals surface area contributed by atoms with E-state index in [1.807, 2.05) is 0 Å². The van der Waals surface area contributed by atoms with E-state index in [1.54, 1.807) is 11.1 Å². The first kappa shape index (κ1) is 27.6. The van der Waals surface area contributed by atoms with Gasteiger partial charge in [-0.15, -0.1) is 0 Å². The lowest BCUT2D eigenvalue weighted by atomic mass is 9.92. The summed E-state index contributed by atoms with van der Waals surface area (Å²) < 4.78 is 11.5. The van der Waals surface area contributed by atoms with E-state index in [-0.39, 0.29) is 0 Å². The van der Waals surface area contributed by atoms with Crippen LogP contribution in [-0.2, 0) is 22.3 Å². The lowest BCUT2D eigenvalue weighted by Crippen LogP contribution is -2.61. The van der Waals surface area contributed by atoms with Crippen LogP contribution in [0.3, 0.4) is 0 Å². The number of aryl methyl sites for hydroxylation is 2. The number of aromatic nitrogens is 2. The Morgan fingerprint density at radius 1 is 0.614 bits per heavy atom. The molecular formula is C36H46N6O2. The van der Waals surface area contributed by atoms with Crippen molar-refractivity contribution >= 4 is 21.8 Å². The number of ether oxygens (including phenoxy) is 2. The van der Waals surface area contributed by atoms with E-state index in [2.05, 4.69) is 79.8 Å². The molecular weight excluding hydrogens is 548 g/mol. The van der Waals surface area contributed by atoms with Gasteiger partial charge in [0.1, 0.15) is 0 Å². The van der Waals surface area contributed by atoms with Crippen molar-refractivity contribution in [3.05, 3.63) is 70.0 Å². The van der Waals surface area contributed by atoms with Crippen molar-refractivity contribution in [1.82, 2.24) is 29.6 Å². The molecule has 10 rings (SSSR count). The molecule has 2 aromatic carbocycles. The summed E-state index contributed by atoms with van der Waals surface area (Å²) >= 11 is 0. The number of nitrogens with one attached hydrogen (secondary N) is 2. The van der Waals surface area contributed by atoms with Crippen LogP contribution in [0.15, 0.2) is 36.4 Å². The highest BCUT2D eigenvalue weighted by atomic mass is 16.5. The van der Waals surface area contributed by atoms with E-state index in [0.717, 1.165) is 65.4 Å². The van der Waals surface area contributed by atoms with Crippen LogP contribution in [0.4, 0.5) is 0 Å². The molecule has 6 aliphatic rings. The summed E-state index contributed by atoms with van der Waals surface area (Å²) in [6, 6.07) is 14.7. The zero-order valence-corrected chi connectivity index (χ0v) is 26.3. The van der Waals surface area contributed by atoms with Crippen molar-refractivity contribution in [3.8, 4) is 0 Å². The fourth-order valence-electron chi connectivity index (χ4n) is 9.31. The summed E-state index contributed by atoms with van der Waals surface area (Å²) in [6.45, 7) is 14.7. The molecule has 8 heterocycles. The van der Waals surface area contributed by atoms with Gasteiger partial charge in [0.05, 0.1) is 50.8 Å². The summed E-state index contributed by atoms with van der Waals surface area (Å²) in [5.74, 6) is 0. The molecule has 0 bridgehead atoms. The maximum atomic E-state index is 5.76. The third kappa shape index (κ3) is 4.49. The Bertz CT molecular complexity index is 1570. The van der Waals surface area contributed by atoms with Gasteiger partial charge in [0.25, 0.3) is 0 Å². The highest BCUT2D eigenvalue weighted by Crippen LogP contribution is 2.42. The van der Waals surface area contributed by atoms with Gasteiger partial charge < -0.3 is 19.4 Å². The Morgan fingerprint density at radius 3 is 1.57 bits per heavy atom. The van der Waals surface area contributed by atoms with Crippen LogP contribution in [0.5, 0.6) is 0 Å². The van der Waals surface area contributed by atoms with Gasteiger partial charge >= 0.3 is 0 Å². The number of H-pyrrole nitrogens is 2. The standard InChI is InChI=1S/2C18H23N3O/c2*1-12-2-3-13-14-4-7-21-16(18(14)19-15(13)10-12)5-6-20-8-9-22-11-17(20)21/h2*2-3,10,16-17,19H,4-9,11H2,1H3/t2*16-,17-/m10/s1. The normalized spacial score (nSPS) is 29.1. The van der Waals surface area contributed by atoms with Gasteiger partial charge in [-0.05, 0) is 73.9 Å². The second-order valence-corrected chi connectivity index (χ2v) is 13.9. The first-order valence-electron chi connectivity index (χ1n) is 17.0. The van der Waals surface area contributed by atoms with Crippen molar-refractivity contribution in [2.45, 2.75) is 63.9 Å². The molecule has 8 nitrogen and oxygen atoms in total. The Hall–Kier alpha value is -2.72.